The lowest BCUT2D eigenvalue weighted by Gasteiger charge is -2.73. The third-order valence-corrected chi connectivity index (χ3v) is 13.9. The number of hydrogen-bond donors (Lipinski definition) is 2. The molecule has 0 saturated heterocycles. The van der Waals surface area contributed by atoms with Crippen LogP contribution >= 0.6 is 0 Å². The van der Waals surface area contributed by atoms with Crippen molar-refractivity contribution in [1.82, 2.24) is 0 Å². The van der Waals surface area contributed by atoms with E-state index in [-0.39, 0.29) is 16.9 Å². The Labute approximate surface area is 204 Å². The molecule has 2 nitrogen and oxygen atoms in total. The fourth-order valence-electron chi connectivity index (χ4n) is 11.7. The lowest BCUT2D eigenvalue weighted by Crippen LogP contribution is -2.66. The lowest BCUT2D eigenvalue weighted by atomic mass is 9.32. The van der Waals surface area contributed by atoms with Crippen molar-refractivity contribution in [2.24, 2.45) is 56.7 Å². The van der Waals surface area contributed by atoms with E-state index in [1.165, 1.54) is 63.4 Å². The van der Waals surface area contributed by atoms with Gasteiger partial charge < -0.3 is 10.2 Å². The Morgan fingerprint density at radius 1 is 0.818 bits per heavy atom. The van der Waals surface area contributed by atoms with E-state index in [0.29, 0.717) is 40.6 Å². The Morgan fingerprint density at radius 3 is 2.21 bits per heavy atom. The monoisotopic (exact) mass is 456 g/mol. The van der Waals surface area contributed by atoms with Gasteiger partial charge in [-0.2, -0.15) is 0 Å². The van der Waals surface area contributed by atoms with E-state index in [1.54, 1.807) is 0 Å². The number of allylic oxidation sites excluding steroid dienone is 1. The highest BCUT2D eigenvalue weighted by molar-refractivity contribution is 5.22. The molecular weight excluding hydrogens is 404 g/mol. The largest absolute Gasteiger partial charge is 0.396 e. The van der Waals surface area contributed by atoms with Crippen LogP contribution in [0.5, 0.6) is 0 Å². The molecule has 5 aliphatic carbocycles. The molecule has 0 unspecified atom stereocenters. The van der Waals surface area contributed by atoms with Crippen molar-refractivity contribution in [3.8, 4) is 0 Å². The van der Waals surface area contributed by atoms with Crippen LogP contribution in [0.15, 0.2) is 12.2 Å². The maximum Gasteiger partial charge on any atom is 0.0594 e. The fraction of sp³-hybridized carbons (Fsp3) is 0.935. The molecule has 0 aliphatic heterocycles. The van der Waals surface area contributed by atoms with E-state index < -0.39 is 0 Å². The smallest absolute Gasteiger partial charge is 0.0594 e. The lowest BCUT2D eigenvalue weighted by molar-refractivity contribution is -0.249. The van der Waals surface area contributed by atoms with Crippen LogP contribution in [0.1, 0.15) is 112 Å². The Balaban J connectivity index is 1.54. The van der Waals surface area contributed by atoms with Gasteiger partial charge >= 0.3 is 0 Å². The summed E-state index contributed by atoms with van der Waals surface area (Å²) in [5.74, 6) is 3.35. The van der Waals surface area contributed by atoms with Crippen LogP contribution in [0.4, 0.5) is 0 Å². The van der Waals surface area contributed by atoms with E-state index >= 15 is 0 Å². The summed E-state index contributed by atoms with van der Waals surface area (Å²) in [5, 5.41) is 21.6. The Bertz CT molecular complexity index is 801. The van der Waals surface area contributed by atoms with Crippen molar-refractivity contribution in [1.29, 1.82) is 0 Å². The van der Waals surface area contributed by atoms with Gasteiger partial charge in [-0.3, -0.25) is 0 Å². The van der Waals surface area contributed by atoms with E-state index in [2.05, 4.69) is 48.1 Å². The zero-order valence-corrected chi connectivity index (χ0v) is 22.6. The quantitative estimate of drug-likeness (QED) is 0.435. The van der Waals surface area contributed by atoms with Gasteiger partial charge in [-0.25, -0.2) is 0 Å². The van der Waals surface area contributed by atoms with Gasteiger partial charge in [-0.1, -0.05) is 53.7 Å². The van der Waals surface area contributed by atoms with Crippen LogP contribution in [0, 0.1) is 56.7 Å². The predicted octanol–water partition coefficient (Wildman–Crippen LogP) is 7.39. The van der Waals surface area contributed by atoms with E-state index in [4.69, 9.17) is 0 Å². The molecule has 2 N–H and O–H groups in total. The standard InChI is InChI=1S/C31H52O2/c1-8-20(2)21-11-16-31(19-32)18-17-29(6)22(26(21)31)9-10-24-28(5)14-13-25(33)27(3,4)23(28)12-15-30(24,29)7/h21-26,32-33H,2,8-19H2,1,3-7H3/t21-,22+,23-,24+,25-,26+,28-,29+,30+,31+/m0/s1. The van der Waals surface area contributed by atoms with Crippen LogP contribution in [0.2, 0.25) is 0 Å². The minimum Gasteiger partial charge on any atom is -0.396 e. The molecule has 0 amide bonds. The van der Waals surface area contributed by atoms with Gasteiger partial charge in [0.05, 0.1) is 6.10 Å². The van der Waals surface area contributed by atoms with Gasteiger partial charge in [-0.15, -0.1) is 0 Å². The zero-order chi connectivity index (χ0) is 24.0. The van der Waals surface area contributed by atoms with Gasteiger partial charge in [0.25, 0.3) is 0 Å². The van der Waals surface area contributed by atoms with Gasteiger partial charge in [0, 0.05) is 6.61 Å². The Morgan fingerprint density at radius 2 is 1.55 bits per heavy atom. The Hall–Kier alpha value is -0.340. The third-order valence-electron chi connectivity index (χ3n) is 13.9. The highest BCUT2D eigenvalue weighted by atomic mass is 16.3. The van der Waals surface area contributed by atoms with Crippen LogP contribution in [-0.2, 0) is 0 Å². The van der Waals surface area contributed by atoms with Crippen molar-refractivity contribution < 1.29 is 10.2 Å². The number of aliphatic hydroxyl groups is 2. The van der Waals surface area contributed by atoms with Crippen LogP contribution in [0.3, 0.4) is 0 Å². The number of rotatable bonds is 3. The first-order chi connectivity index (χ1) is 15.4. The first kappa shape index (κ1) is 24.4. The van der Waals surface area contributed by atoms with Crippen LogP contribution < -0.4 is 0 Å². The van der Waals surface area contributed by atoms with Gasteiger partial charge in [0.2, 0.25) is 0 Å². The SMILES string of the molecule is C=C(CC)[C@@H]1CC[C@]2(CO)CC[C@]3(C)[C@H](CC[C@@H]4[C@@]5(C)CC[C@H](O)C(C)(C)[C@@H]5CC[C@]43C)[C@@H]12. The summed E-state index contributed by atoms with van der Waals surface area (Å²) in [7, 11) is 0. The number of fused-ring (bicyclic) bond motifs is 7. The average molecular weight is 457 g/mol. The van der Waals surface area contributed by atoms with Gasteiger partial charge in [-0.05, 0) is 127 Å². The van der Waals surface area contributed by atoms with Crippen molar-refractivity contribution in [2.75, 3.05) is 6.61 Å². The first-order valence-electron chi connectivity index (χ1n) is 14.4. The molecule has 33 heavy (non-hydrogen) atoms. The summed E-state index contributed by atoms with van der Waals surface area (Å²) >= 11 is 0. The molecule has 0 spiro atoms. The second kappa shape index (κ2) is 7.58. The second-order valence-electron chi connectivity index (χ2n) is 14.7. The molecule has 10 atom stereocenters. The average Bonchev–Trinajstić information content (AvgIpc) is 3.17. The Kier molecular flexibility index (Phi) is 5.60. The molecule has 0 radical (unpaired) electrons. The molecule has 2 heteroatoms. The highest BCUT2D eigenvalue weighted by Gasteiger charge is 2.70. The van der Waals surface area contributed by atoms with Crippen molar-refractivity contribution in [3.63, 3.8) is 0 Å². The van der Waals surface area contributed by atoms with E-state index in [1.807, 2.05) is 0 Å². The normalized spacial score (nSPS) is 55.2. The molecule has 0 heterocycles. The molecule has 188 valence electrons. The van der Waals surface area contributed by atoms with Crippen molar-refractivity contribution >= 4 is 0 Å². The molecule has 0 bridgehead atoms. The summed E-state index contributed by atoms with van der Waals surface area (Å²) in [5.41, 5.74) is 2.68. The molecule has 0 aromatic heterocycles. The number of hydrogen-bond acceptors (Lipinski definition) is 2. The minimum absolute atomic E-state index is 0.0279. The van der Waals surface area contributed by atoms with Crippen LogP contribution in [0.25, 0.3) is 0 Å². The summed E-state index contributed by atoms with van der Waals surface area (Å²) in [4.78, 5) is 0. The second-order valence-corrected chi connectivity index (χ2v) is 14.7. The summed E-state index contributed by atoms with van der Waals surface area (Å²) in [6.45, 7) is 19.9. The van der Waals surface area contributed by atoms with E-state index in [0.717, 1.165) is 24.7 Å². The highest BCUT2D eigenvalue weighted by Crippen LogP contribution is 2.77. The molecule has 5 rings (SSSR count). The third kappa shape index (κ3) is 2.92. The predicted molar refractivity (Wildman–Crippen MR) is 137 cm³/mol. The maximum absolute atomic E-state index is 10.9. The summed E-state index contributed by atoms with van der Waals surface area (Å²) in [6, 6.07) is 0. The summed E-state index contributed by atoms with van der Waals surface area (Å²) in [6.07, 6.45) is 13.3. The zero-order valence-electron chi connectivity index (χ0n) is 22.6. The number of aliphatic hydroxyl groups excluding tert-OH is 2. The van der Waals surface area contributed by atoms with Crippen molar-refractivity contribution in [2.45, 2.75) is 118 Å². The van der Waals surface area contributed by atoms with E-state index in [9.17, 15) is 10.2 Å². The maximum atomic E-state index is 10.9. The van der Waals surface area contributed by atoms with Gasteiger partial charge in [0.15, 0.2) is 0 Å². The van der Waals surface area contributed by atoms with Crippen LogP contribution in [-0.4, -0.2) is 22.9 Å². The molecule has 0 aromatic carbocycles. The molecule has 5 saturated carbocycles. The van der Waals surface area contributed by atoms with Crippen molar-refractivity contribution in [3.05, 3.63) is 12.2 Å². The molecule has 5 fully saturated rings. The molecule has 5 aliphatic rings. The topological polar surface area (TPSA) is 40.5 Å². The minimum atomic E-state index is -0.147. The fourth-order valence-corrected chi connectivity index (χ4v) is 11.7. The molecular formula is C31H52O2. The first-order valence-corrected chi connectivity index (χ1v) is 14.4. The van der Waals surface area contributed by atoms with Gasteiger partial charge in [0.1, 0.15) is 0 Å². The summed E-state index contributed by atoms with van der Waals surface area (Å²) < 4.78 is 0. The molecule has 0 aromatic rings.